The van der Waals surface area contributed by atoms with Crippen molar-refractivity contribution < 1.29 is 4.42 Å². The first-order valence-electron chi connectivity index (χ1n) is 6.87. The van der Waals surface area contributed by atoms with Gasteiger partial charge in [0.05, 0.1) is 6.04 Å². The first kappa shape index (κ1) is 15.3. The molecule has 2 nitrogen and oxygen atoms in total. The molecule has 3 heteroatoms. The lowest BCUT2D eigenvalue weighted by Gasteiger charge is -2.16. The maximum Gasteiger partial charge on any atom is 0.193 e. The first-order valence-corrected chi connectivity index (χ1v) is 7.25. The molecule has 0 spiro atoms. The highest BCUT2D eigenvalue weighted by atomic mass is 35.5. The Kier molecular flexibility index (Phi) is 7.86. The monoisotopic (exact) mass is 269 g/mol. The van der Waals surface area contributed by atoms with E-state index in [4.69, 9.17) is 16.0 Å². The standard InChI is InChI=1S/C15H24ClNO/c1-3-5-6-7-8-9-13(17-12-4-2)14-10-11-15(16)18-14/h3,10-11,13,17H,1,4-9,12H2,2H3. The van der Waals surface area contributed by atoms with Crippen LogP contribution in [0.5, 0.6) is 0 Å². The molecule has 18 heavy (non-hydrogen) atoms. The Bertz CT molecular complexity index is 335. The summed E-state index contributed by atoms with van der Waals surface area (Å²) in [4.78, 5) is 0. The minimum atomic E-state index is 0.293. The predicted molar refractivity (Wildman–Crippen MR) is 78.0 cm³/mol. The van der Waals surface area contributed by atoms with Gasteiger partial charge in [-0.1, -0.05) is 25.8 Å². The Hall–Kier alpha value is -0.730. The molecule has 0 fully saturated rings. The van der Waals surface area contributed by atoms with Crippen LogP contribution in [0.1, 0.15) is 57.3 Å². The van der Waals surface area contributed by atoms with E-state index in [2.05, 4.69) is 18.8 Å². The molecule has 0 radical (unpaired) electrons. The second-order valence-corrected chi connectivity index (χ2v) is 4.95. The van der Waals surface area contributed by atoms with E-state index >= 15 is 0 Å². The Morgan fingerprint density at radius 2 is 2.22 bits per heavy atom. The van der Waals surface area contributed by atoms with Gasteiger partial charge >= 0.3 is 0 Å². The molecule has 1 atom stereocenters. The summed E-state index contributed by atoms with van der Waals surface area (Å²) in [5, 5.41) is 3.99. The fourth-order valence-electron chi connectivity index (χ4n) is 1.99. The Morgan fingerprint density at radius 3 is 2.83 bits per heavy atom. The molecule has 102 valence electrons. The maximum absolute atomic E-state index is 5.84. The normalized spacial score (nSPS) is 12.6. The highest BCUT2D eigenvalue weighted by molar-refractivity contribution is 6.28. The van der Waals surface area contributed by atoms with E-state index in [-0.39, 0.29) is 0 Å². The van der Waals surface area contributed by atoms with E-state index in [9.17, 15) is 0 Å². The van der Waals surface area contributed by atoms with Crippen molar-refractivity contribution in [3.05, 3.63) is 35.8 Å². The van der Waals surface area contributed by atoms with Crippen LogP contribution in [-0.2, 0) is 0 Å². The number of hydrogen-bond acceptors (Lipinski definition) is 2. The highest BCUT2D eigenvalue weighted by Crippen LogP contribution is 2.24. The van der Waals surface area contributed by atoms with Crippen LogP contribution in [0.25, 0.3) is 0 Å². The van der Waals surface area contributed by atoms with Crippen LogP contribution in [0.3, 0.4) is 0 Å². The molecule has 0 aliphatic rings. The van der Waals surface area contributed by atoms with Gasteiger partial charge in [0, 0.05) is 0 Å². The minimum absolute atomic E-state index is 0.293. The molecular formula is C15H24ClNO. The summed E-state index contributed by atoms with van der Waals surface area (Å²) in [5.41, 5.74) is 0. The van der Waals surface area contributed by atoms with Gasteiger partial charge in [0.2, 0.25) is 0 Å². The van der Waals surface area contributed by atoms with Gasteiger partial charge in [0.25, 0.3) is 0 Å². The number of nitrogens with one attached hydrogen (secondary N) is 1. The Morgan fingerprint density at radius 1 is 1.39 bits per heavy atom. The zero-order chi connectivity index (χ0) is 13.2. The van der Waals surface area contributed by atoms with E-state index in [1.165, 1.54) is 19.3 Å². The molecule has 1 aromatic heterocycles. The van der Waals surface area contributed by atoms with Crippen LogP contribution in [0.4, 0.5) is 0 Å². The van der Waals surface area contributed by atoms with E-state index < -0.39 is 0 Å². The average Bonchev–Trinajstić information content (AvgIpc) is 2.79. The lowest BCUT2D eigenvalue weighted by atomic mass is 10.0. The summed E-state index contributed by atoms with van der Waals surface area (Å²) in [7, 11) is 0. The quantitative estimate of drug-likeness (QED) is 0.472. The predicted octanol–water partition coefficient (Wildman–Crippen LogP) is 5.11. The van der Waals surface area contributed by atoms with Gasteiger partial charge in [-0.05, 0) is 56.0 Å². The van der Waals surface area contributed by atoms with Crippen molar-refractivity contribution in [1.29, 1.82) is 0 Å². The Balaban J connectivity index is 2.38. The molecule has 0 saturated heterocycles. The molecule has 0 aromatic carbocycles. The van der Waals surface area contributed by atoms with Gasteiger partial charge in [-0.3, -0.25) is 0 Å². The topological polar surface area (TPSA) is 25.2 Å². The van der Waals surface area contributed by atoms with Crippen LogP contribution < -0.4 is 5.32 Å². The minimum Gasteiger partial charge on any atom is -0.448 e. The number of hydrogen-bond donors (Lipinski definition) is 1. The lowest BCUT2D eigenvalue weighted by Crippen LogP contribution is -2.21. The summed E-state index contributed by atoms with van der Waals surface area (Å²) >= 11 is 5.84. The molecule has 1 N–H and O–H groups in total. The van der Waals surface area contributed by atoms with Crippen molar-refractivity contribution >= 4 is 11.6 Å². The number of unbranched alkanes of at least 4 members (excludes halogenated alkanes) is 3. The fraction of sp³-hybridized carbons (Fsp3) is 0.600. The maximum atomic E-state index is 5.84. The molecule has 0 aliphatic carbocycles. The Labute approximate surface area is 115 Å². The van der Waals surface area contributed by atoms with E-state index in [1.54, 1.807) is 0 Å². The second-order valence-electron chi connectivity index (χ2n) is 4.58. The molecule has 0 amide bonds. The van der Waals surface area contributed by atoms with Crippen LogP contribution in [0, 0.1) is 0 Å². The summed E-state index contributed by atoms with van der Waals surface area (Å²) in [6.45, 7) is 6.92. The molecule has 0 bridgehead atoms. The van der Waals surface area contributed by atoms with E-state index in [0.29, 0.717) is 11.3 Å². The highest BCUT2D eigenvalue weighted by Gasteiger charge is 2.14. The van der Waals surface area contributed by atoms with Crippen molar-refractivity contribution in [3.8, 4) is 0 Å². The molecule has 1 unspecified atom stereocenters. The molecule has 0 saturated carbocycles. The summed E-state index contributed by atoms with van der Waals surface area (Å²) in [5.74, 6) is 0.956. The van der Waals surface area contributed by atoms with Crippen LogP contribution in [0.2, 0.25) is 5.22 Å². The van der Waals surface area contributed by atoms with Gasteiger partial charge < -0.3 is 9.73 Å². The van der Waals surface area contributed by atoms with Crippen molar-refractivity contribution in [3.63, 3.8) is 0 Å². The van der Waals surface area contributed by atoms with Crippen molar-refractivity contribution in [1.82, 2.24) is 5.32 Å². The molecule has 0 aliphatic heterocycles. The van der Waals surface area contributed by atoms with Gasteiger partial charge in [0.1, 0.15) is 5.76 Å². The third kappa shape index (κ3) is 5.74. The van der Waals surface area contributed by atoms with Crippen LogP contribution >= 0.6 is 11.6 Å². The van der Waals surface area contributed by atoms with Gasteiger partial charge in [-0.15, -0.1) is 6.58 Å². The first-order chi connectivity index (χ1) is 8.77. The largest absolute Gasteiger partial charge is 0.448 e. The van der Waals surface area contributed by atoms with E-state index in [1.807, 2.05) is 18.2 Å². The smallest absolute Gasteiger partial charge is 0.193 e. The zero-order valence-corrected chi connectivity index (χ0v) is 12.0. The number of allylic oxidation sites excluding steroid dienone is 1. The van der Waals surface area contributed by atoms with Crippen molar-refractivity contribution in [2.45, 2.75) is 51.5 Å². The van der Waals surface area contributed by atoms with Crippen LogP contribution in [0.15, 0.2) is 29.2 Å². The summed E-state index contributed by atoms with van der Waals surface area (Å²) in [6.07, 6.45) is 8.99. The van der Waals surface area contributed by atoms with Crippen molar-refractivity contribution in [2.75, 3.05) is 6.54 Å². The third-order valence-electron chi connectivity index (χ3n) is 2.98. The molecule has 1 heterocycles. The van der Waals surface area contributed by atoms with E-state index in [0.717, 1.165) is 31.6 Å². The van der Waals surface area contributed by atoms with Gasteiger partial charge in [0.15, 0.2) is 5.22 Å². The zero-order valence-electron chi connectivity index (χ0n) is 11.3. The lowest BCUT2D eigenvalue weighted by molar-refractivity contribution is 0.386. The number of rotatable bonds is 10. The van der Waals surface area contributed by atoms with Gasteiger partial charge in [-0.2, -0.15) is 0 Å². The SMILES string of the molecule is C=CCCCCCC(NCCC)c1ccc(Cl)o1. The molecule has 1 aromatic rings. The number of furan rings is 1. The average molecular weight is 270 g/mol. The summed E-state index contributed by atoms with van der Waals surface area (Å²) in [6, 6.07) is 4.08. The number of halogens is 1. The molecule has 1 rings (SSSR count). The van der Waals surface area contributed by atoms with Crippen LogP contribution in [-0.4, -0.2) is 6.54 Å². The fourth-order valence-corrected chi connectivity index (χ4v) is 2.15. The third-order valence-corrected chi connectivity index (χ3v) is 3.18. The van der Waals surface area contributed by atoms with Crippen molar-refractivity contribution in [2.24, 2.45) is 0 Å². The summed E-state index contributed by atoms with van der Waals surface area (Å²) < 4.78 is 5.51. The molecular weight excluding hydrogens is 246 g/mol. The van der Waals surface area contributed by atoms with Gasteiger partial charge in [-0.25, -0.2) is 0 Å². The second kappa shape index (κ2) is 9.23.